The van der Waals surface area contributed by atoms with Crippen LogP contribution in [0.4, 0.5) is 0 Å². The van der Waals surface area contributed by atoms with Gasteiger partial charge in [-0.05, 0) is 76.0 Å². The number of piperidine rings is 1. The predicted octanol–water partition coefficient (Wildman–Crippen LogP) is 2.15. The van der Waals surface area contributed by atoms with Gasteiger partial charge in [0.1, 0.15) is 12.0 Å². The molecule has 0 aliphatic carbocycles. The Hall–Kier alpha value is -1.39. The molecule has 0 amide bonds. The molecule has 1 aliphatic rings. The molecule has 112 valence electrons. The van der Waals surface area contributed by atoms with Crippen LogP contribution in [-0.2, 0) is 0 Å². The molecule has 0 unspecified atom stereocenters. The zero-order valence-electron chi connectivity index (χ0n) is 12.5. The maximum atomic E-state index is 10.7. The normalized spacial score (nSPS) is 15.2. The fourth-order valence-corrected chi connectivity index (χ4v) is 2.38. The summed E-state index contributed by atoms with van der Waals surface area (Å²) >= 11 is 0. The molecule has 0 atom stereocenters. The Labute approximate surface area is 121 Å². The molecular weight excluding hydrogens is 252 g/mol. The molecule has 4 nitrogen and oxygen atoms in total. The van der Waals surface area contributed by atoms with Gasteiger partial charge in [0.05, 0.1) is 6.61 Å². The van der Waals surface area contributed by atoms with Crippen molar-refractivity contribution in [3.63, 3.8) is 0 Å². The van der Waals surface area contributed by atoms with Crippen LogP contribution in [0.1, 0.15) is 35.2 Å². The minimum absolute atomic E-state index is 0.737. The lowest BCUT2D eigenvalue weighted by molar-refractivity contribution is 0.112. The number of nitrogens with one attached hydrogen (secondary N) is 1. The van der Waals surface area contributed by atoms with E-state index in [2.05, 4.69) is 11.1 Å². The highest BCUT2D eigenvalue weighted by Crippen LogP contribution is 2.19. The van der Waals surface area contributed by atoms with Crippen LogP contribution in [0.3, 0.4) is 0 Å². The van der Waals surface area contributed by atoms with Crippen LogP contribution in [-0.4, -0.2) is 33.0 Å². The summed E-state index contributed by atoms with van der Waals surface area (Å²) in [5.41, 5.74) is 6.21. The largest absolute Gasteiger partial charge is 0.494 e. The van der Waals surface area contributed by atoms with Gasteiger partial charge in [0.2, 0.25) is 0 Å². The number of carbonyl (C=O) groups excluding carboxylic acids is 1. The van der Waals surface area contributed by atoms with Gasteiger partial charge < -0.3 is 15.8 Å². The summed E-state index contributed by atoms with van der Waals surface area (Å²) < 4.78 is 5.75. The minimum atomic E-state index is 0.737. The zero-order chi connectivity index (χ0) is 14.8. The van der Waals surface area contributed by atoms with E-state index in [0.717, 1.165) is 55.2 Å². The average Bonchev–Trinajstić information content (AvgIpc) is 2.51. The van der Waals surface area contributed by atoms with Crippen LogP contribution in [0.2, 0.25) is 0 Å². The van der Waals surface area contributed by atoms with E-state index in [1.54, 1.807) is 0 Å². The lowest BCUT2D eigenvalue weighted by Gasteiger charge is -2.22. The van der Waals surface area contributed by atoms with Gasteiger partial charge in [-0.3, -0.25) is 4.79 Å². The van der Waals surface area contributed by atoms with Crippen molar-refractivity contribution in [2.24, 2.45) is 11.7 Å². The van der Waals surface area contributed by atoms with Gasteiger partial charge in [-0.25, -0.2) is 0 Å². The van der Waals surface area contributed by atoms with Gasteiger partial charge in [0, 0.05) is 5.56 Å². The minimum Gasteiger partial charge on any atom is -0.494 e. The number of ether oxygens (including phenoxy) is 1. The molecule has 20 heavy (non-hydrogen) atoms. The van der Waals surface area contributed by atoms with Crippen molar-refractivity contribution in [3.05, 3.63) is 29.3 Å². The smallest absolute Gasteiger partial charge is 0.150 e. The molecule has 1 fully saturated rings. The van der Waals surface area contributed by atoms with Gasteiger partial charge in [0.15, 0.2) is 0 Å². The lowest BCUT2D eigenvalue weighted by Crippen LogP contribution is -2.28. The standard InChI is InChI=1S/C15H21NO2.CH5N/c1-12-10-15(3-2-14(12)11-17)18-9-6-13-4-7-16-8-5-13;1-2/h2-3,10-11,13,16H,4-9H2,1H3;2H2,1H3. The topological polar surface area (TPSA) is 64.3 Å². The fourth-order valence-electron chi connectivity index (χ4n) is 2.38. The third-order valence-corrected chi connectivity index (χ3v) is 3.62. The van der Waals surface area contributed by atoms with E-state index in [1.165, 1.54) is 19.9 Å². The Morgan fingerprint density at radius 2 is 2.05 bits per heavy atom. The van der Waals surface area contributed by atoms with Crippen molar-refractivity contribution in [2.75, 3.05) is 26.7 Å². The number of hydrogen-bond acceptors (Lipinski definition) is 4. The summed E-state index contributed by atoms with van der Waals surface area (Å²) in [4.78, 5) is 10.7. The molecule has 0 bridgehead atoms. The maximum absolute atomic E-state index is 10.7. The van der Waals surface area contributed by atoms with Crippen LogP contribution in [0.5, 0.6) is 5.75 Å². The number of aldehydes is 1. The monoisotopic (exact) mass is 278 g/mol. The van der Waals surface area contributed by atoms with Crippen LogP contribution in [0.25, 0.3) is 0 Å². The summed E-state index contributed by atoms with van der Waals surface area (Å²) in [5, 5.41) is 3.37. The first-order valence-electron chi connectivity index (χ1n) is 7.26. The maximum Gasteiger partial charge on any atom is 0.150 e. The molecule has 2 rings (SSSR count). The van der Waals surface area contributed by atoms with Gasteiger partial charge >= 0.3 is 0 Å². The summed E-state index contributed by atoms with van der Waals surface area (Å²) in [6, 6.07) is 5.63. The molecule has 0 spiro atoms. The van der Waals surface area contributed by atoms with Crippen molar-refractivity contribution in [1.29, 1.82) is 0 Å². The highest BCUT2D eigenvalue weighted by atomic mass is 16.5. The van der Waals surface area contributed by atoms with Crippen molar-refractivity contribution in [3.8, 4) is 5.75 Å². The molecule has 1 heterocycles. The number of benzene rings is 1. The van der Waals surface area contributed by atoms with Crippen LogP contribution >= 0.6 is 0 Å². The molecule has 1 saturated heterocycles. The second-order valence-corrected chi connectivity index (χ2v) is 4.97. The zero-order valence-corrected chi connectivity index (χ0v) is 12.5. The predicted molar refractivity (Wildman–Crippen MR) is 82.4 cm³/mol. The van der Waals surface area contributed by atoms with Crippen LogP contribution in [0.15, 0.2) is 18.2 Å². The van der Waals surface area contributed by atoms with Crippen molar-refractivity contribution in [1.82, 2.24) is 5.32 Å². The second kappa shape index (κ2) is 9.50. The number of hydrogen-bond donors (Lipinski definition) is 2. The highest BCUT2D eigenvalue weighted by Gasteiger charge is 2.12. The second-order valence-electron chi connectivity index (χ2n) is 4.97. The SMILES string of the molecule is CN.Cc1cc(OCCC2CCNCC2)ccc1C=O. The number of aryl methyl sites for hydroxylation is 1. The van der Waals surface area contributed by atoms with E-state index in [-0.39, 0.29) is 0 Å². The molecule has 0 saturated carbocycles. The Balaban J connectivity index is 0.000000956. The average molecular weight is 278 g/mol. The fraction of sp³-hybridized carbons (Fsp3) is 0.562. The number of rotatable bonds is 5. The molecule has 0 radical (unpaired) electrons. The van der Waals surface area contributed by atoms with E-state index in [9.17, 15) is 4.79 Å². The Bertz CT molecular complexity index is 401. The molecule has 3 N–H and O–H groups in total. The third-order valence-electron chi connectivity index (χ3n) is 3.62. The summed E-state index contributed by atoms with van der Waals surface area (Å²) in [5.74, 6) is 1.66. The van der Waals surface area contributed by atoms with Crippen LogP contribution in [0, 0.1) is 12.8 Å². The Morgan fingerprint density at radius 1 is 1.35 bits per heavy atom. The van der Waals surface area contributed by atoms with E-state index in [0.29, 0.717) is 0 Å². The first kappa shape index (κ1) is 16.7. The van der Waals surface area contributed by atoms with Gasteiger partial charge in [-0.2, -0.15) is 0 Å². The summed E-state index contributed by atoms with van der Waals surface area (Å²) in [6.45, 7) is 4.98. The molecule has 4 heteroatoms. The van der Waals surface area contributed by atoms with Crippen molar-refractivity contribution < 1.29 is 9.53 Å². The van der Waals surface area contributed by atoms with Gasteiger partial charge in [-0.15, -0.1) is 0 Å². The quantitative estimate of drug-likeness (QED) is 0.810. The first-order chi connectivity index (χ1) is 9.79. The van der Waals surface area contributed by atoms with Crippen LogP contribution < -0.4 is 15.8 Å². The van der Waals surface area contributed by atoms with E-state index < -0.39 is 0 Å². The third kappa shape index (κ3) is 5.31. The molecule has 1 aromatic rings. The lowest BCUT2D eigenvalue weighted by atomic mass is 9.95. The van der Waals surface area contributed by atoms with E-state index in [4.69, 9.17) is 4.74 Å². The van der Waals surface area contributed by atoms with Gasteiger partial charge in [-0.1, -0.05) is 0 Å². The van der Waals surface area contributed by atoms with E-state index in [1.807, 2.05) is 25.1 Å². The summed E-state index contributed by atoms with van der Waals surface area (Å²) in [6.07, 6.45) is 4.52. The Kier molecular flexibility index (Phi) is 7.92. The van der Waals surface area contributed by atoms with Crippen molar-refractivity contribution >= 4 is 6.29 Å². The molecular formula is C16H26N2O2. The molecule has 1 aliphatic heterocycles. The number of carbonyl (C=O) groups is 1. The van der Waals surface area contributed by atoms with Gasteiger partial charge in [0.25, 0.3) is 0 Å². The first-order valence-corrected chi connectivity index (χ1v) is 7.26. The van der Waals surface area contributed by atoms with E-state index >= 15 is 0 Å². The van der Waals surface area contributed by atoms with Crippen molar-refractivity contribution in [2.45, 2.75) is 26.2 Å². The number of nitrogens with two attached hydrogens (primary N) is 1. The molecule has 0 aromatic heterocycles. The Morgan fingerprint density at radius 3 is 2.65 bits per heavy atom. The highest BCUT2D eigenvalue weighted by molar-refractivity contribution is 5.77. The molecule has 1 aromatic carbocycles. The summed E-state index contributed by atoms with van der Waals surface area (Å²) in [7, 11) is 1.50.